The van der Waals surface area contributed by atoms with Crippen LogP contribution in [0.25, 0.3) is 0 Å². The molecular formula is C15H23BrN4O. The molecule has 2 aromatic heterocycles. The Morgan fingerprint density at radius 1 is 1.48 bits per heavy atom. The van der Waals surface area contributed by atoms with E-state index in [1.165, 1.54) is 5.69 Å². The van der Waals surface area contributed by atoms with Gasteiger partial charge in [0, 0.05) is 25.4 Å². The van der Waals surface area contributed by atoms with E-state index in [2.05, 4.69) is 45.0 Å². The van der Waals surface area contributed by atoms with E-state index in [4.69, 9.17) is 10.3 Å². The van der Waals surface area contributed by atoms with E-state index in [0.717, 1.165) is 48.2 Å². The smallest absolute Gasteiger partial charge is 0.103 e. The Hall–Kier alpha value is -1.11. The predicted octanol–water partition coefficient (Wildman–Crippen LogP) is 2.83. The number of hydrogen-bond acceptors (Lipinski definition) is 4. The normalized spacial score (nSPS) is 12.8. The number of halogens is 1. The predicted molar refractivity (Wildman–Crippen MR) is 86.8 cm³/mol. The Labute approximate surface area is 134 Å². The van der Waals surface area contributed by atoms with Gasteiger partial charge in [0.2, 0.25) is 0 Å². The van der Waals surface area contributed by atoms with Crippen molar-refractivity contribution in [1.29, 1.82) is 0 Å². The van der Waals surface area contributed by atoms with Crippen LogP contribution >= 0.6 is 15.9 Å². The molecule has 0 aliphatic heterocycles. The fourth-order valence-electron chi connectivity index (χ4n) is 2.46. The largest absolute Gasteiger partial charge is 0.469 e. The molecule has 0 saturated heterocycles. The average Bonchev–Trinajstić information content (AvgIpc) is 3.12. The molecule has 0 amide bonds. The summed E-state index contributed by atoms with van der Waals surface area (Å²) < 4.78 is 8.54. The number of furan rings is 1. The van der Waals surface area contributed by atoms with Gasteiger partial charge >= 0.3 is 0 Å². The Morgan fingerprint density at radius 3 is 2.86 bits per heavy atom. The zero-order chi connectivity index (χ0) is 15.2. The molecule has 0 aliphatic rings. The van der Waals surface area contributed by atoms with E-state index >= 15 is 0 Å². The third-order valence-electron chi connectivity index (χ3n) is 3.69. The van der Waals surface area contributed by atoms with Crippen molar-refractivity contribution in [3.63, 3.8) is 0 Å². The molecular weight excluding hydrogens is 332 g/mol. The third-order valence-corrected chi connectivity index (χ3v) is 4.60. The van der Waals surface area contributed by atoms with E-state index in [-0.39, 0.29) is 6.04 Å². The maximum atomic E-state index is 5.72. The molecule has 116 valence electrons. The molecule has 0 saturated carbocycles. The molecule has 1 unspecified atom stereocenters. The maximum absolute atomic E-state index is 5.72. The van der Waals surface area contributed by atoms with Gasteiger partial charge in [-0.05, 0) is 47.8 Å². The van der Waals surface area contributed by atoms with Gasteiger partial charge < -0.3 is 4.42 Å². The summed E-state index contributed by atoms with van der Waals surface area (Å²) in [6.45, 7) is 5.09. The van der Waals surface area contributed by atoms with E-state index in [0.29, 0.717) is 0 Å². The first kappa shape index (κ1) is 16.3. The second kappa shape index (κ2) is 7.77. The molecule has 5 nitrogen and oxygen atoms in total. The summed E-state index contributed by atoms with van der Waals surface area (Å²) in [6, 6.07) is 4.10. The molecule has 0 aromatic carbocycles. The van der Waals surface area contributed by atoms with E-state index in [9.17, 15) is 0 Å². The molecule has 1 atom stereocenters. The molecule has 2 aromatic rings. The molecule has 0 spiro atoms. The highest BCUT2D eigenvalue weighted by Crippen LogP contribution is 2.24. The monoisotopic (exact) mass is 354 g/mol. The fraction of sp³-hybridized carbons (Fsp3) is 0.533. The lowest BCUT2D eigenvalue weighted by molar-refractivity contribution is 0.438. The number of nitrogens with zero attached hydrogens (tertiary/aromatic N) is 2. The molecule has 0 bridgehead atoms. The number of aryl methyl sites for hydroxylation is 3. The highest BCUT2D eigenvalue weighted by molar-refractivity contribution is 9.10. The van der Waals surface area contributed by atoms with Crippen LogP contribution in [0.2, 0.25) is 0 Å². The molecule has 6 heteroatoms. The van der Waals surface area contributed by atoms with Crippen LogP contribution in [0.4, 0.5) is 0 Å². The Bertz CT molecular complexity index is 550. The van der Waals surface area contributed by atoms with Gasteiger partial charge in [-0.2, -0.15) is 5.10 Å². The summed E-state index contributed by atoms with van der Waals surface area (Å²) in [5, 5.41) is 4.63. The van der Waals surface area contributed by atoms with Crippen molar-refractivity contribution < 1.29 is 4.42 Å². The van der Waals surface area contributed by atoms with Gasteiger partial charge in [-0.1, -0.05) is 6.92 Å². The van der Waals surface area contributed by atoms with Crippen LogP contribution in [-0.2, 0) is 25.8 Å². The summed E-state index contributed by atoms with van der Waals surface area (Å²) in [4.78, 5) is 0. The summed E-state index contributed by atoms with van der Waals surface area (Å²) >= 11 is 3.68. The number of rotatable bonds is 8. The Balaban J connectivity index is 2.05. The zero-order valence-electron chi connectivity index (χ0n) is 12.6. The van der Waals surface area contributed by atoms with E-state index < -0.39 is 0 Å². The summed E-state index contributed by atoms with van der Waals surface area (Å²) in [5.74, 6) is 6.71. The number of nitrogens with two attached hydrogens (primary N) is 1. The first-order chi connectivity index (χ1) is 10.2. The number of hydrazine groups is 1. The minimum atomic E-state index is 0.193. The van der Waals surface area contributed by atoms with Crippen LogP contribution in [0.15, 0.2) is 27.3 Å². The number of nitrogens with one attached hydrogen (secondary N) is 1. The zero-order valence-corrected chi connectivity index (χ0v) is 14.2. The van der Waals surface area contributed by atoms with Crippen molar-refractivity contribution in [2.75, 3.05) is 0 Å². The summed E-state index contributed by atoms with van der Waals surface area (Å²) in [6.07, 6.45) is 5.27. The number of aromatic nitrogens is 2. The highest BCUT2D eigenvalue weighted by Gasteiger charge is 2.18. The van der Waals surface area contributed by atoms with Gasteiger partial charge in [0.15, 0.2) is 0 Å². The van der Waals surface area contributed by atoms with Crippen LogP contribution in [0.1, 0.15) is 37.4 Å². The molecule has 2 rings (SSSR count). The van der Waals surface area contributed by atoms with Crippen LogP contribution in [0, 0.1) is 0 Å². The molecule has 2 heterocycles. The van der Waals surface area contributed by atoms with Crippen LogP contribution in [-0.4, -0.2) is 15.8 Å². The lowest BCUT2D eigenvalue weighted by atomic mass is 10.0. The summed E-state index contributed by atoms with van der Waals surface area (Å²) in [5.41, 5.74) is 5.23. The lowest BCUT2D eigenvalue weighted by Crippen LogP contribution is -2.37. The van der Waals surface area contributed by atoms with Crippen molar-refractivity contribution in [2.24, 2.45) is 5.84 Å². The standard InChI is InChI=1S/C15H23BrN4O/c1-3-13-15(16)14(20(4-2)19-13)10-11(18-17)7-8-12-6-5-9-21-12/h5-6,9,11,18H,3-4,7-8,10,17H2,1-2H3. The van der Waals surface area contributed by atoms with Crippen molar-refractivity contribution in [3.05, 3.63) is 40.0 Å². The van der Waals surface area contributed by atoms with E-state index in [1.807, 2.05) is 12.1 Å². The molecule has 3 N–H and O–H groups in total. The first-order valence-corrected chi connectivity index (χ1v) is 8.21. The second-order valence-electron chi connectivity index (χ2n) is 5.06. The fourth-order valence-corrected chi connectivity index (χ4v) is 3.19. The van der Waals surface area contributed by atoms with Crippen LogP contribution < -0.4 is 11.3 Å². The Morgan fingerprint density at radius 2 is 2.29 bits per heavy atom. The maximum Gasteiger partial charge on any atom is 0.103 e. The van der Waals surface area contributed by atoms with Gasteiger partial charge in [0.25, 0.3) is 0 Å². The van der Waals surface area contributed by atoms with Gasteiger partial charge in [0.1, 0.15) is 5.76 Å². The van der Waals surface area contributed by atoms with Crippen molar-refractivity contribution >= 4 is 15.9 Å². The van der Waals surface area contributed by atoms with Gasteiger partial charge in [-0.15, -0.1) is 0 Å². The van der Waals surface area contributed by atoms with Crippen molar-refractivity contribution in [2.45, 2.75) is 52.1 Å². The first-order valence-electron chi connectivity index (χ1n) is 7.42. The average molecular weight is 355 g/mol. The minimum Gasteiger partial charge on any atom is -0.469 e. The topological polar surface area (TPSA) is 69.0 Å². The number of hydrogen-bond donors (Lipinski definition) is 2. The molecule has 21 heavy (non-hydrogen) atoms. The van der Waals surface area contributed by atoms with Crippen LogP contribution in [0.3, 0.4) is 0 Å². The van der Waals surface area contributed by atoms with Crippen LogP contribution in [0.5, 0.6) is 0 Å². The quantitative estimate of drug-likeness (QED) is 0.564. The second-order valence-corrected chi connectivity index (χ2v) is 5.86. The lowest BCUT2D eigenvalue weighted by Gasteiger charge is -2.16. The van der Waals surface area contributed by atoms with Gasteiger partial charge in [0.05, 0.1) is 22.1 Å². The Kier molecular flexibility index (Phi) is 6.02. The van der Waals surface area contributed by atoms with Gasteiger partial charge in [-0.3, -0.25) is 16.0 Å². The molecule has 0 fully saturated rings. The van der Waals surface area contributed by atoms with Gasteiger partial charge in [-0.25, -0.2) is 0 Å². The summed E-state index contributed by atoms with van der Waals surface area (Å²) in [7, 11) is 0. The SMILES string of the molecule is CCc1nn(CC)c(CC(CCc2ccco2)NN)c1Br. The third kappa shape index (κ3) is 3.96. The molecule has 0 aliphatic carbocycles. The van der Waals surface area contributed by atoms with Crippen molar-refractivity contribution in [3.8, 4) is 0 Å². The van der Waals surface area contributed by atoms with E-state index in [1.54, 1.807) is 6.26 Å². The van der Waals surface area contributed by atoms with Crippen molar-refractivity contribution in [1.82, 2.24) is 15.2 Å². The highest BCUT2D eigenvalue weighted by atomic mass is 79.9. The molecule has 0 radical (unpaired) electrons. The minimum absolute atomic E-state index is 0.193.